The second-order valence-electron chi connectivity index (χ2n) is 1.56. The van der Waals surface area contributed by atoms with Crippen molar-refractivity contribution in [2.24, 2.45) is 0 Å². The highest BCUT2D eigenvalue weighted by atomic mass is 16.5. The number of rotatable bonds is 1. The number of esters is 2. The van der Waals surface area contributed by atoms with Gasteiger partial charge in [0.2, 0.25) is 0 Å². The summed E-state index contributed by atoms with van der Waals surface area (Å²) in [6.07, 6.45) is 0. The molecule has 0 bridgehead atoms. The second-order valence-corrected chi connectivity index (χ2v) is 1.56. The Bertz CT molecular complexity index is 267. The third-order valence-corrected chi connectivity index (χ3v) is 0.834. The van der Waals surface area contributed by atoms with Crippen LogP contribution in [0.1, 0.15) is 0 Å². The lowest BCUT2D eigenvalue weighted by atomic mass is 10.4. The average molecular weight is 170 g/mol. The minimum atomic E-state index is -1.11. The molecular formula is C7H6O5. The smallest absolute Gasteiger partial charge is 0.387 e. The molecule has 0 atom stereocenters. The van der Waals surface area contributed by atoms with Gasteiger partial charge < -0.3 is 9.47 Å². The van der Waals surface area contributed by atoms with Gasteiger partial charge in [-0.05, 0) is 5.92 Å². The van der Waals surface area contributed by atoms with Gasteiger partial charge in [0.15, 0.2) is 0 Å². The van der Waals surface area contributed by atoms with Crippen LogP contribution in [0.4, 0.5) is 0 Å². The van der Waals surface area contributed by atoms with Gasteiger partial charge in [0, 0.05) is 5.92 Å². The number of hydrogen-bond acceptors (Lipinski definition) is 5. The van der Waals surface area contributed by atoms with Crippen LogP contribution in [0.2, 0.25) is 0 Å². The van der Waals surface area contributed by atoms with E-state index < -0.39 is 17.7 Å². The molecule has 0 spiro atoms. The fourth-order valence-corrected chi connectivity index (χ4v) is 0.303. The predicted octanol–water partition coefficient (Wildman–Crippen LogP) is -1.10. The Balaban J connectivity index is 4.23. The molecule has 0 rings (SSSR count). The van der Waals surface area contributed by atoms with Crippen LogP contribution < -0.4 is 0 Å². The molecule has 0 saturated carbocycles. The molecule has 0 aromatic heterocycles. The molecule has 12 heavy (non-hydrogen) atoms. The number of hydrogen-bond donors (Lipinski definition) is 0. The zero-order valence-corrected chi connectivity index (χ0v) is 6.54. The molecule has 0 aromatic rings. The normalized spacial score (nSPS) is 7.50. The highest BCUT2D eigenvalue weighted by Gasteiger charge is 2.09. The van der Waals surface area contributed by atoms with E-state index in [2.05, 4.69) is 9.47 Å². The summed E-state index contributed by atoms with van der Waals surface area (Å²) in [6.45, 7) is 0. The van der Waals surface area contributed by atoms with Gasteiger partial charge in [-0.2, -0.15) is 0 Å². The minimum absolute atomic E-state index is 0.882. The van der Waals surface area contributed by atoms with Crippen molar-refractivity contribution >= 4 is 17.7 Å². The van der Waals surface area contributed by atoms with Crippen LogP contribution in [-0.2, 0) is 23.9 Å². The van der Waals surface area contributed by atoms with Crippen LogP contribution in [0.25, 0.3) is 0 Å². The molecule has 5 nitrogen and oxygen atoms in total. The van der Waals surface area contributed by atoms with Gasteiger partial charge in [-0.15, -0.1) is 0 Å². The summed E-state index contributed by atoms with van der Waals surface area (Å²) in [5, 5.41) is 0. The molecule has 64 valence electrons. The van der Waals surface area contributed by atoms with Crippen molar-refractivity contribution in [3.63, 3.8) is 0 Å². The molecule has 0 saturated heterocycles. The van der Waals surface area contributed by atoms with Crippen molar-refractivity contribution in [2.45, 2.75) is 0 Å². The summed E-state index contributed by atoms with van der Waals surface area (Å²) in [7, 11) is 2.15. The van der Waals surface area contributed by atoms with E-state index in [1.54, 1.807) is 11.8 Å². The van der Waals surface area contributed by atoms with Crippen LogP contribution >= 0.6 is 0 Å². The van der Waals surface area contributed by atoms with Crippen LogP contribution in [0, 0.1) is 11.8 Å². The van der Waals surface area contributed by atoms with Gasteiger partial charge in [0.05, 0.1) is 14.2 Å². The van der Waals surface area contributed by atoms with Gasteiger partial charge >= 0.3 is 17.7 Å². The Morgan fingerprint density at radius 1 is 1.00 bits per heavy atom. The first-order chi connectivity index (χ1) is 5.61. The lowest BCUT2D eigenvalue weighted by Crippen LogP contribution is -2.13. The summed E-state index contributed by atoms with van der Waals surface area (Å²) in [4.78, 5) is 31.3. The fraction of sp³-hybridized carbons (Fsp3) is 0.286. The topological polar surface area (TPSA) is 69.7 Å². The Hall–Kier alpha value is -1.83. The van der Waals surface area contributed by atoms with E-state index in [4.69, 9.17) is 0 Å². The molecule has 0 amide bonds. The first-order valence-electron chi connectivity index (χ1n) is 2.84. The number of ether oxygens (including phenoxy) is 2. The first-order valence-corrected chi connectivity index (χ1v) is 2.84. The van der Waals surface area contributed by atoms with Crippen LogP contribution in [-0.4, -0.2) is 31.9 Å². The zero-order valence-electron chi connectivity index (χ0n) is 6.54. The van der Waals surface area contributed by atoms with E-state index in [1.165, 1.54) is 0 Å². The molecular weight excluding hydrogens is 164 g/mol. The summed E-state index contributed by atoms with van der Waals surface area (Å²) in [5.74, 6) is 0.464. The molecule has 0 aliphatic heterocycles. The number of Topliss-reactive ketones (excluding diaryl/α,β-unsaturated/α-hetero) is 1. The largest absolute Gasteiger partial charge is 0.463 e. The van der Waals surface area contributed by atoms with E-state index in [9.17, 15) is 14.4 Å². The van der Waals surface area contributed by atoms with Gasteiger partial charge in [-0.25, -0.2) is 9.59 Å². The Labute approximate surface area is 68.6 Å². The maximum absolute atomic E-state index is 10.5. The fourth-order valence-electron chi connectivity index (χ4n) is 0.303. The van der Waals surface area contributed by atoms with E-state index >= 15 is 0 Å². The van der Waals surface area contributed by atoms with Gasteiger partial charge in [-0.3, -0.25) is 4.79 Å². The highest BCUT2D eigenvalue weighted by Crippen LogP contribution is 1.76. The van der Waals surface area contributed by atoms with Crippen LogP contribution in [0.15, 0.2) is 0 Å². The summed E-state index contributed by atoms with van der Waals surface area (Å²) in [5.41, 5.74) is 0. The van der Waals surface area contributed by atoms with Crippen molar-refractivity contribution in [2.75, 3.05) is 14.2 Å². The molecule has 0 heterocycles. The number of methoxy groups -OCH3 is 2. The maximum Gasteiger partial charge on any atom is 0.387 e. The molecule has 0 aliphatic rings. The Morgan fingerprint density at radius 3 is 2.00 bits per heavy atom. The summed E-state index contributed by atoms with van der Waals surface area (Å²) in [6, 6.07) is 0. The molecule has 0 radical (unpaired) electrons. The maximum atomic E-state index is 10.5. The number of carbonyl (C=O) groups is 3. The van der Waals surface area contributed by atoms with Crippen molar-refractivity contribution in [3.8, 4) is 11.8 Å². The van der Waals surface area contributed by atoms with E-state index in [0.717, 1.165) is 14.2 Å². The summed E-state index contributed by atoms with van der Waals surface area (Å²) >= 11 is 0. The van der Waals surface area contributed by atoms with E-state index in [-0.39, 0.29) is 0 Å². The quantitative estimate of drug-likeness (QED) is 0.164. The molecule has 0 unspecified atom stereocenters. The van der Waals surface area contributed by atoms with E-state index in [1.807, 2.05) is 0 Å². The molecule has 5 heteroatoms. The first kappa shape index (κ1) is 10.2. The molecule has 0 N–H and O–H groups in total. The average Bonchev–Trinajstić information content (AvgIpc) is 2.11. The predicted molar refractivity (Wildman–Crippen MR) is 36.8 cm³/mol. The minimum Gasteiger partial charge on any atom is -0.463 e. The third-order valence-electron chi connectivity index (χ3n) is 0.834. The lowest BCUT2D eigenvalue weighted by Gasteiger charge is -1.88. The van der Waals surface area contributed by atoms with Gasteiger partial charge in [0.1, 0.15) is 0 Å². The Kier molecular flexibility index (Phi) is 4.16. The zero-order chi connectivity index (χ0) is 9.56. The van der Waals surface area contributed by atoms with Crippen LogP contribution in [0.3, 0.4) is 0 Å². The van der Waals surface area contributed by atoms with Gasteiger partial charge in [-0.1, -0.05) is 0 Å². The molecule has 0 aliphatic carbocycles. The van der Waals surface area contributed by atoms with Crippen molar-refractivity contribution in [1.82, 2.24) is 0 Å². The molecule has 0 aromatic carbocycles. The van der Waals surface area contributed by atoms with Crippen molar-refractivity contribution < 1.29 is 23.9 Å². The highest BCUT2D eigenvalue weighted by molar-refractivity contribution is 6.41. The third kappa shape index (κ3) is 3.37. The van der Waals surface area contributed by atoms with Gasteiger partial charge in [0.25, 0.3) is 0 Å². The lowest BCUT2D eigenvalue weighted by molar-refractivity contribution is -0.149. The standard InChI is InChI=1S/C7H6O5/c1-11-6(9)4-3-5(8)7(10)12-2/h1-2H3. The SMILES string of the molecule is COC(=O)C#CC(=O)C(=O)OC. The number of ketones is 1. The second kappa shape index (κ2) is 4.91. The van der Waals surface area contributed by atoms with E-state index in [0.29, 0.717) is 0 Å². The monoisotopic (exact) mass is 170 g/mol. The summed E-state index contributed by atoms with van der Waals surface area (Å²) < 4.78 is 8.13. The Morgan fingerprint density at radius 2 is 1.58 bits per heavy atom. The van der Waals surface area contributed by atoms with Crippen molar-refractivity contribution in [1.29, 1.82) is 0 Å². The van der Waals surface area contributed by atoms with Crippen molar-refractivity contribution in [3.05, 3.63) is 0 Å². The molecule has 0 fully saturated rings. The van der Waals surface area contributed by atoms with Crippen LogP contribution in [0.5, 0.6) is 0 Å². The number of carbonyl (C=O) groups excluding carboxylic acids is 3.